The van der Waals surface area contributed by atoms with Gasteiger partial charge in [-0.15, -0.1) is 5.10 Å². The molecular weight excluding hydrogens is 470 g/mol. The van der Waals surface area contributed by atoms with Gasteiger partial charge in [-0.3, -0.25) is 14.5 Å². The Morgan fingerprint density at radius 2 is 1.89 bits per heavy atom. The van der Waals surface area contributed by atoms with Gasteiger partial charge < -0.3 is 9.64 Å². The fourth-order valence-electron chi connectivity index (χ4n) is 4.29. The third-order valence-electron chi connectivity index (χ3n) is 6.38. The lowest BCUT2D eigenvalue weighted by molar-refractivity contribution is -0.152. The van der Waals surface area contributed by atoms with Gasteiger partial charge in [0, 0.05) is 57.5 Å². The molecule has 2 aliphatic rings. The summed E-state index contributed by atoms with van der Waals surface area (Å²) in [5.74, 6) is 1.38. The molecule has 2 aromatic rings. The molecule has 0 unspecified atom stereocenters. The van der Waals surface area contributed by atoms with Crippen LogP contribution < -0.4 is 4.74 Å². The number of thioether (sulfide) groups is 1. The Morgan fingerprint density at radius 3 is 2.49 bits per heavy atom. The Morgan fingerprint density at radius 1 is 1.17 bits per heavy atom. The molecule has 4 rings (SSSR count). The van der Waals surface area contributed by atoms with Crippen molar-refractivity contribution in [3.05, 3.63) is 23.9 Å². The van der Waals surface area contributed by atoms with Gasteiger partial charge in [-0.1, -0.05) is 31.7 Å². The zero-order valence-electron chi connectivity index (χ0n) is 20.3. The predicted molar refractivity (Wildman–Crippen MR) is 128 cm³/mol. The van der Waals surface area contributed by atoms with Crippen LogP contribution in [0.15, 0.2) is 23.5 Å². The molecular formula is C23H31N7O4S. The monoisotopic (exact) mass is 501 g/mol. The Bertz CT molecular complexity index is 1040. The normalized spacial score (nSPS) is 18.7. The van der Waals surface area contributed by atoms with Crippen LogP contribution in [0, 0.1) is 11.3 Å². The number of aromatic nitrogens is 5. The van der Waals surface area contributed by atoms with E-state index < -0.39 is 6.09 Å². The summed E-state index contributed by atoms with van der Waals surface area (Å²) < 4.78 is 7.11. The average Bonchev–Trinajstić information content (AvgIpc) is 3.22. The van der Waals surface area contributed by atoms with E-state index in [0.29, 0.717) is 44.8 Å². The van der Waals surface area contributed by atoms with Crippen molar-refractivity contribution in [2.45, 2.75) is 51.1 Å². The number of imide groups is 1. The molecule has 35 heavy (non-hydrogen) atoms. The quantitative estimate of drug-likeness (QED) is 0.415. The van der Waals surface area contributed by atoms with Gasteiger partial charge in [-0.2, -0.15) is 0 Å². The average molecular weight is 502 g/mol. The lowest BCUT2D eigenvalue weighted by Gasteiger charge is -2.34. The lowest BCUT2D eigenvalue weighted by atomic mass is 9.81. The van der Waals surface area contributed by atoms with Gasteiger partial charge in [-0.25, -0.2) is 14.5 Å². The van der Waals surface area contributed by atoms with Crippen molar-refractivity contribution in [3.63, 3.8) is 0 Å². The van der Waals surface area contributed by atoms with E-state index >= 15 is 0 Å². The number of hydrogen-bond acceptors (Lipinski definition) is 9. The van der Waals surface area contributed by atoms with Crippen molar-refractivity contribution < 1.29 is 19.1 Å². The number of likely N-dealkylation sites (tertiary alicyclic amines) is 2. The first-order valence-corrected chi connectivity index (χ1v) is 12.8. The van der Waals surface area contributed by atoms with Gasteiger partial charge in [0.2, 0.25) is 22.9 Å². The largest absolute Gasteiger partial charge is 0.416 e. The first-order valence-electron chi connectivity index (χ1n) is 11.8. The van der Waals surface area contributed by atoms with Crippen molar-refractivity contribution in [1.82, 2.24) is 35.0 Å². The maximum absolute atomic E-state index is 12.6. The number of amides is 3. The standard InChI is InChI=1S/C23H31N7O4S/c1-23(2)12-19(31)30(20(32)13-23)11-8-16-4-5-18(24-14-16)34-22(33)29-9-6-17(7-10-29)15-35-21-25-26-27-28(21)3/h4-5,14,17H,6-13,15H2,1-3H3. The minimum Gasteiger partial charge on any atom is -0.391 e. The molecule has 0 radical (unpaired) electrons. The summed E-state index contributed by atoms with van der Waals surface area (Å²) in [7, 11) is 1.82. The molecule has 2 aromatic heterocycles. The minimum atomic E-state index is -0.402. The van der Waals surface area contributed by atoms with Crippen LogP contribution in [0.2, 0.25) is 0 Å². The number of carbonyl (C=O) groups is 3. The highest BCUT2D eigenvalue weighted by Crippen LogP contribution is 2.31. The van der Waals surface area contributed by atoms with Crippen molar-refractivity contribution in [2.24, 2.45) is 18.4 Å². The highest BCUT2D eigenvalue weighted by atomic mass is 32.2. The predicted octanol–water partition coefficient (Wildman–Crippen LogP) is 2.33. The third-order valence-corrected chi connectivity index (χ3v) is 7.62. The number of nitrogens with zero attached hydrogens (tertiary/aromatic N) is 7. The summed E-state index contributed by atoms with van der Waals surface area (Å²) >= 11 is 1.63. The van der Waals surface area contributed by atoms with Gasteiger partial charge in [0.15, 0.2) is 0 Å². The summed E-state index contributed by atoms with van der Waals surface area (Å²) in [4.78, 5) is 44.4. The van der Waals surface area contributed by atoms with Crippen molar-refractivity contribution >= 4 is 29.7 Å². The third kappa shape index (κ3) is 6.56. The van der Waals surface area contributed by atoms with Crippen LogP contribution in [0.4, 0.5) is 4.79 Å². The van der Waals surface area contributed by atoms with Gasteiger partial charge in [-0.05, 0) is 46.6 Å². The summed E-state index contributed by atoms with van der Waals surface area (Å²) in [6.45, 7) is 5.46. The van der Waals surface area contributed by atoms with Crippen LogP contribution in [-0.2, 0) is 23.1 Å². The van der Waals surface area contributed by atoms with Gasteiger partial charge in [0.05, 0.1) is 0 Å². The van der Waals surface area contributed by atoms with Crippen molar-refractivity contribution in [2.75, 3.05) is 25.4 Å². The van der Waals surface area contributed by atoms with E-state index in [1.807, 2.05) is 27.0 Å². The molecule has 0 spiro atoms. The highest BCUT2D eigenvalue weighted by Gasteiger charge is 2.37. The van der Waals surface area contributed by atoms with Crippen LogP contribution >= 0.6 is 11.8 Å². The second-order valence-electron chi connectivity index (χ2n) is 9.91. The molecule has 12 heteroatoms. The zero-order valence-corrected chi connectivity index (χ0v) is 21.2. The number of tetrazole rings is 1. The van der Waals surface area contributed by atoms with Crippen LogP contribution in [0.3, 0.4) is 0 Å². The van der Waals surface area contributed by atoms with E-state index in [0.717, 1.165) is 29.3 Å². The van der Waals surface area contributed by atoms with E-state index in [4.69, 9.17) is 4.74 Å². The number of carbonyl (C=O) groups excluding carboxylic acids is 3. The van der Waals surface area contributed by atoms with E-state index in [1.165, 1.54) is 4.90 Å². The maximum Gasteiger partial charge on any atom is 0.416 e. The molecule has 0 aliphatic carbocycles. The van der Waals surface area contributed by atoms with E-state index in [-0.39, 0.29) is 23.1 Å². The summed E-state index contributed by atoms with van der Waals surface area (Å²) in [6, 6.07) is 3.46. The number of aryl methyl sites for hydroxylation is 1. The van der Waals surface area contributed by atoms with Crippen LogP contribution in [0.1, 0.15) is 45.1 Å². The molecule has 2 fully saturated rings. The second kappa shape index (κ2) is 10.7. The van der Waals surface area contributed by atoms with Crippen LogP contribution in [0.5, 0.6) is 5.88 Å². The Balaban J connectivity index is 1.19. The molecule has 0 N–H and O–H groups in total. The number of ether oxygens (including phenoxy) is 1. The molecule has 2 saturated heterocycles. The van der Waals surface area contributed by atoms with Crippen molar-refractivity contribution in [3.8, 4) is 5.88 Å². The van der Waals surface area contributed by atoms with Crippen LogP contribution in [0.25, 0.3) is 0 Å². The number of pyridine rings is 1. The highest BCUT2D eigenvalue weighted by molar-refractivity contribution is 7.99. The molecule has 3 amide bonds. The minimum absolute atomic E-state index is 0.127. The van der Waals surface area contributed by atoms with E-state index in [2.05, 4.69) is 20.5 Å². The number of piperidine rings is 2. The van der Waals surface area contributed by atoms with Gasteiger partial charge in [0.1, 0.15) is 0 Å². The molecule has 0 atom stereocenters. The Labute approximate surface area is 208 Å². The SMILES string of the molecule is Cn1nnnc1SCC1CCN(C(=O)Oc2ccc(CCN3C(=O)CC(C)(C)CC3=O)cn2)CC1. The van der Waals surface area contributed by atoms with Crippen molar-refractivity contribution in [1.29, 1.82) is 0 Å². The second-order valence-corrected chi connectivity index (χ2v) is 10.9. The number of hydrogen-bond donors (Lipinski definition) is 0. The molecule has 11 nitrogen and oxygen atoms in total. The first-order chi connectivity index (χ1) is 16.7. The summed E-state index contributed by atoms with van der Waals surface area (Å²) in [6.07, 6.45) is 4.27. The summed E-state index contributed by atoms with van der Waals surface area (Å²) in [5, 5.41) is 12.3. The molecule has 0 aromatic carbocycles. The summed E-state index contributed by atoms with van der Waals surface area (Å²) in [5.41, 5.74) is 0.590. The molecule has 188 valence electrons. The molecule has 2 aliphatic heterocycles. The van der Waals surface area contributed by atoms with Gasteiger partial charge >= 0.3 is 6.09 Å². The van der Waals surface area contributed by atoms with Crippen LogP contribution in [-0.4, -0.2) is 78.3 Å². The fourth-order valence-corrected chi connectivity index (χ4v) is 5.33. The molecule has 4 heterocycles. The molecule has 0 saturated carbocycles. The fraction of sp³-hybridized carbons (Fsp3) is 0.609. The van der Waals surface area contributed by atoms with E-state index in [9.17, 15) is 14.4 Å². The smallest absolute Gasteiger partial charge is 0.391 e. The maximum atomic E-state index is 12.6. The Hall–Kier alpha value is -3.02. The zero-order chi connectivity index (χ0) is 25.0. The van der Waals surface area contributed by atoms with E-state index in [1.54, 1.807) is 33.6 Å². The lowest BCUT2D eigenvalue weighted by Crippen LogP contribution is -2.46. The first kappa shape index (κ1) is 25.1. The topological polar surface area (TPSA) is 123 Å². The molecule has 0 bridgehead atoms. The Kier molecular flexibility index (Phi) is 7.68. The van der Waals surface area contributed by atoms with Gasteiger partial charge in [0.25, 0.3) is 0 Å². The number of rotatable bonds is 7.